The third kappa shape index (κ3) is 3.87. The van der Waals surface area contributed by atoms with Gasteiger partial charge in [-0.15, -0.1) is 0 Å². The van der Waals surface area contributed by atoms with Crippen LogP contribution in [0.2, 0.25) is 0 Å². The molecule has 0 saturated heterocycles. The lowest BCUT2D eigenvalue weighted by Crippen LogP contribution is -2.36. The molecule has 0 aliphatic heterocycles. The van der Waals surface area contributed by atoms with Crippen LogP contribution in [0.25, 0.3) is 10.9 Å². The van der Waals surface area contributed by atoms with E-state index in [1.807, 2.05) is 30.3 Å². The summed E-state index contributed by atoms with van der Waals surface area (Å²) in [6, 6.07) is 8.54. The van der Waals surface area contributed by atoms with Crippen LogP contribution in [0.15, 0.2) is 30.5 Å². The van der Waals surface area contributed by atoms with Gasteiger partial charge in [-0.1, -0.05) is 32.0 Å². The van der Waals surface area contributed by atoms with E-state index in [2.05, 4.69) is 37.9 Å². The lowest BCUT2D eigenvalue weighted by atomic mass is 10.0. The molecular weight excluding hydrogens is 260 g/mol. The maximum Gasteiger partial charge on any atom is 0.222 e. The van der Waals surface area contributed by atoms with Gasteiger partial charge in [-0.05, 0) is 37.3 Å². The smallest absolute Gasteiger partial charge is 0.222 e. The summed E-state index contributed by atoms with van der Waals surface area (Å²) in [7, 11) is 1.92. The molecule has 0 bridgehead atoms. The largest absolute Gasteiger partial charge is 0.361 e. The number of carbonyl (C=O) groups is 1. The van der Waals surface area contributed by atoms with Crippen LogP contribution in [0.5, 0.6) is 0 Å². The van der Waals surface area contributed by atoms with Gasteiger partial charge in [0, 0.05) is 36.6 Å². The highest BCUT2D eigenvalue weighted by atomic mass is 16.2. The summed E-state index contributed by atoms with van der Waals surface area (Å²) in [4.78, 5) is 17.5. The van der Waals surface area contributed by atoms with E-state index in [1.54, 1.807) is 0 Å². The van der Waals surface area contributed by atoms with Crippen LogP contribution in [0, 0.1) is 5.92 Å². The summed E-state index contributed by atoms with van der Waals surface area (Å²) in [5, 5.41) is 1.23. The summed E-state index contributed by atoms with van der Waals surface area (Å²) >= 11 is 0. The zero-order valence-electron chi connectivity index (χ0n) is 13.5. The highest BCUT2D eigenvalue weighted by Gasteiger charge is 2.17. The Morgan fingerprint density at radius 3 is 2.67 bits per heavy atom. The van der Waals surface area contributed by atoms with E-state index < -0.39 is 0 Å². The Bertz CT molecular complexity index is 600. The Morgan fingerprint density at radius 1 is 1.24 bits per heavy atom. The quantitative estimate of drug-likeness (QED) is 0.856. The van der Waals surface area contributed by atoms with Crippen molar-refractivity contribution in [1.82, 2.24) is 9.88 Å². The molecule has 21 heavy (non-hydrogen) atoms. The second kappa shape index (κ2) is 6.79. The number of benzene rings is 1. The van der Waals surface area contributed by atoms with Gasteiger partial charge < -0.3 is 9.88 Å². The zero-order valence-corrected chi connectivity index (χ0v) is 13.5. The van der Waals surface area contributed by atoms with Crippen LogP contribution in [-0.2, 0) is 11.2 Å². The first kappa shape index (κ1) is 15.6. The second-order valence-corrected chi connectivity index (χ2v) is 6.34. The molecule has 0 fully saturated rings. The van der Waals surface area contributed by atoms with Crippen LogP contribution in [0.1, 0.15) is 39.2 Å². The number of nitrogens with one attached hydrogen (secondary N) is 1. The van der Waals surface area contributed by atoms with Gasteiger partial charge in [0.2, 0.25) is 5.91 Å². The van der Waals surface area contributed by atoms with Crippen LogP contribution in [-0.4, -0.2) is 28.9 Å². The molecule has 1 aromatic heterocycles. The molecule has 1 unspecified atom stereocenters. The molecule has 1 amide bonds. The summed E-state index contributed by atoms with van der Waals surface area (Å²) < 4.78 is 0. The number of aromatic nitrogens is 1. The van der Waals surface area contributed by atoms with Gasteiger partial charge in [-0.2, -0.15) is 0 Å². The summed E-state index contributed by atoms with van der Waals surface area (Å²) in [6.45, 7) is 6.52. The van der Waals surface area contributed by atoms with Crippen LogP contribution < -0.4 is 0 Å². The molecule has 1 aromatic carbocycles. The molecule has 114 valence electrons. The average molecular weight is 286 g/mol. The van der Waals surface area contributed by atoms with Crippen molar-refractivity contribution in [2.24, 2.45) is 5.92 Å². The van der Waals surface area contributed by atoms with Gasteiger partial charge in [0.05, 0.1) is 0 Å². The van der Waals surface area contributed by atoms with Gasteiger partial charge in [0.25, 0.3) is 0 Å². The first-order valence-corrected chi connectivity index (χ1v) is 7.79. The number of rotatable bonds is 6. The minimum atomic E-state index is 0.230. The predicted molar refractivity (Wildman–Crippen MR) is 88.3 cm³/mol. The molecule has 1 N–H and O–H groups in total. The number of fused-ring (bicyclic) bond motifs is 1. The maximum atomic E-state index is 12.3. The third-order valence-electron chi connectivity index (χ3n) is 4.15. The van der Waals surface area contributed by atoms with Crippen LogP contribution in [0.3, 0.4) is 0 Å². The van der Waals surface area contributed by atoms with Crippen molar-refractivity contribution in [3.05, 3.63) is 36.0 Å². The minimum absolute atomic E-state index is 0.230. The number of para-hydroxylation sites is 1. The van der Waals surface area contributed by atoms with Crippen molar-refractivity contribution in [2.75, 3.05) is 7.05 Å². The number of hydrogen-bond donors (Lipinski definition) is 1. The van der Waals surface area contributed by atoms with Gasteiger partial charge in [-0.3, -0.25) is 4.79 Å². The summed E-state index contributed by atoms with van der Waals surface area (Å²) in [5.41, 5.74) is 2.37. The van der Waals surface area contributed by atoms with Crippen molar-refractivity contribution in [2.45, 2.75) is 46.1 Å². The fraction of sp³-hybridized carbons (Fsp3) is 0.500. The lowest BCUT2D eigenvalue weighted by Gasteiger charge is -2.26. The fourth-order valence-corrected chi connectivity index (χ4v) is 2.84. The number of carbonyl (C=O) groups excluding carboxylic acids is 1. The lowest BCUT2D eigenvalue weighted by molar-refractivity contribution is -0.131. The van der Waals surface area contributed by atoms with E-state index in [0.29, 0.717) is 18.4 Å². The van der Waals surface area contributed by atoms with Gasteiger partial charge in [0.15, 0.2) is 0 Å². The van der Waals surface area contributed by atoms with Crippen LogP contribution in [0.4, 0.5) is 0 Å². The van der Waals surface area contributed by atoms with Crippen molar-refractivity contribution < 1.29 is 4.79 Å². The van der Waals surface area contributed by atoms with Gasteiger partial charge >= 0.3 is 0 Å². The van der Waals surface area contributed by atoms with E-state index in [9.17, 15) is 4.79 Å². The van der Waals surface area contributed by atoms with E-state index in [4.69, 9.17) is 0 Å². The normalized spacial score (nSPS) is 12.8. The molecule has 2 rings (SSSR count). The highest BCUT2D eigenvalue weighted by molar-refractivity contribution is 5.84. The first-order valence-electron chi connectivity index (χ1n) is 7.79. The molecule has 3 heteroatoms. The Morgan fingerprint density at radius 2 is 1.95 bits per heavy atom. The molecule has 0 aliphatic rings. The Balaban J connectivity index is 1.94. The monoisotopic (exact) mass is 286 g/mol. The van der Waals surface area contributed by atoms with Crippen molar-refractivity contribution in [3.8, 4) is 0 Å². The summed E-state index contributed by atoms with van der Waals surface area (Å²) in [5.74, 6) is 0.845. The van der Waals surface area contributed by atoms with Crippen LogP contribution >= 0.6 is 0 Å². The number of hydrogen-bond acceptors (Lipinski definition) is 1. The Kier molecular flexibility index (Phi) is 5.05. The molecule has 1 atom stereocenters. The SMILES string of the molecule is CC(C)CC(C)N(C)C(=O)CCc1c[nH]c2ccccc12. The van der Waals surface area contributed by atoms with E-state index in [1.165, 1.54) is 10.9 Å². The fourth-order valence-electron chi connectivity index (χ4n) is 2.84. The topological polar surface area (TPSA) is 36.1 Å². The molecule has 0 saturated carbocycles. The molecular formula is C18H26N2O. The number of H-pyrrole nitrogens is 1. The van der Waals surface area contributed by atoms with Gasteiger partial charge in [0.1, 0.15) is 0 Å². The Hall–Kier alpha value is -1.77. The number of nitrogens with zero attached hydrogens (tertiary/aromatic N) is 1. The zero-order chi connectivity index (χ0) is 15.4. The molecule has 1 heterocycles. The number of aromatic amines is 1. The standard InChI is InChI=1S/C18H26N2O/c1-13(2)11-14(3)20(4)18(21)10-9-15-12-19-17-8-6-5-7-16(15)17/h5-8,12-14,19H,9-11H2,1-4H3. The molecule has 0 aliphatic carbocycles. The number of amides is 1. The first-order chi connectivity index (χ1) is 9.99. The summed E-state index contributed by atoms with van der Waals surface area (Å²) in [6.07, 6.45) is 4.44. The van der Waals surface area contributed by atoms with Crippen molar-refractivity contribution in [3.63, 3.8) is 0 Å². The highest BCUT2D eigenvalue weighted by Crippen LogP contribution is 2.19. The minimum Gasteiger partial charge on any atom is -0.361 e. The van der Waals surface area contributed by atoms with E-state index >= 15 is 0 Å². The molecule has 3 nitrogen and oxygen atoms in total. The van der Waals surface area contributed by atoms with E-state index in [-0.39, 0.29) is 5.91 Å². The number of aryl methyl sites for hydroxylation is 1. The third-order valence-corrected chi connectivity index (χ3v) is 4.15. The second-order valence-electron chi connectivity index (χ2n) is 6.34. The Labute approximate surface area is 127 Å². The van der Waals surface area contributed by atoms with Crippen molar-refractivity contribution in [1.29, 1.82) is 0 Å². The molecule has 2 aromatic rings. The molecule has 0 radical (unpaired) electrons. The van der Waals surface area contributed by atoms with E-state index in [0.717, 1.165) is 18.4 Å². The maximum absolute atomic E-state index is 12.3. The molecule has 0 spiro atoms. The van der Waals surface area contributed by atoms with Gasteiger partial charge in [-0.25, -0.2) is 0 Å². The average Bonchev–Trinajstić information content (AvgIpc) is 2.86. The predicted octanol–water partition coefficient (Wildman–Crippen LogP) is 3.99. The van der Waals surface area contributed by atoms with Crippen molar-refractivity contribution >= 4 is 16.8 Å².